The standard InChI is InChI=1S/C13H13NO/c1-10(9-15)7-11-3-2-4-12-8-14-6-5-13(11)12/h2-6,8-10H,7H2,1H3. The number of fused-ring (bicyclic) bond motifs is 1. The van der Waals surface area contributed by atoms with Gasteiger partial charge in [0.2, 0.25) is 0 Å². The van der Waals surface area contributed by atoms with E-state index < -0.39 is 0 Å². The molecule has 0 fully saturated rings. The Bertz CT molecular complexity index is 473. The maximum atomic E-state index is 10.6. The van der Waals surface area contributed by atoms with Crippen LogP contribution < -0.4 is 0 Å². The molecule has 0 aliphatic carbocycles. The number of benzene rings is 1. The number of carbonyl (C=O) groups excluding carboxylic acids is 1. The van der Waals surface area contributed by atoms with Crippen molar-refractivity contribution in [2.75, 3.05) is 0 Å². The molecular weight excluding hydrogens is 186 g/mol. The molecular formula is C13H13NO. The van der Waals surface area contributed by atoms with E-state index >= 15 is 0 Å². The van der Waals surface area contributed by atoms with Crippen molar-refractivity contribution in [1.29, 1.82) is 0 Å². The van der Waals surface area contributed by atoms with Crippen molar-refractivity contribution in [1.82, 2.24) is 4.98 Å². The Kier molecular flexibility index (Phi) is 2.77. The first kappa shape index (κ1) is 9.84. The van der Waals surface area contributed by atoms with Gasteiger partial charge in [-0.15, -0.1) is 0 Å². The highest BCUT2D eigenvalue weighted by atomic mass is 16.1. The predicted molar refractivity (Wildman–Crippen MR) is 60.7 cm³/mol. The maximum Gasteiger partial charge on any atom is 0.123 e. The molecule has 76 valence electrons. The van der Waals surface area contributed by atoms with Crippen LogP contribution in [0, 0.1) is 5.92 Å². The molecule has 1 unspecified atom stereocenters. The van der Waals surface area contributed by atoms with Gasteiger partial charge in [-0.1, -0.05) is 25.1 Å². The maximum absolute atomic E-state index is 10.6. The fourth-order valence-electron chi connectivity index (χ4n) is 1.76. The Balaban J connectivity index is 2.46. The van der Waals surface area contributed by atoms with Crippen LogP contribution in [0.3, 0.4) is 0 Å². The topological polar surface area (TPSA) is 30.0 Å². The summed E-state index contributed by atoms with van der Waals surface area (Å²) in [5, 5.41) is 2.33. The van der Waals surface area contributed by atoms with E-state index in [4.69, 9.17) is 0 Å². The van der Waals surface area contributed by atoms with Gasteiger partial charge in [0.1, 0.15) is 6.29 Å². The summed E-state index contributed by atoms with van der Waals surface area (Å²) < 4.78 is 0. The van der Waals surface area contributed by atoms with Crippen molar-refractivity contribution >= 4 is 17.1 Å². The van der Waals surface area contributed by atoms with Gasteiger partial charge in [0, 0.05) is 23.7 Å². The van der Waals surface area contributed by atoms with Crippen LogP contribution in [-0.2, 0) is 11.2 Å². The molecule has 0 bridgehead atoms. The molecule has 0 radical (unpaired) electrons. The van der Waals surface area contributed by atoms with Gasteiger partial charge in [0.25, 0.3) is 0 Å². The zero-order valence-electron chi connectivity index (χ0n) is 8.68. The molecule has 15 heavy (non-hydrogen) atoms. The molecule has 0 aliphatic heterocycles. The Labute approximate surface area is 89.0 Å². The summed E-state index contributed by atoms with van der Waals surface area (Å²) >= 11 is 0. The highest BCUT2D eigenvalue weighted by molar-refractivity contribution is 5.85. The Morgan fingerprint density at radius 3 is 3.07 bits per heavy atom. The molecule has 0 N–H and O–H groups in total. The van der Waals surface area contributed by atoms with E-state index in [0.717, 1.165) is 18.1 Å². The van der Waals surface area contributed by atoms with Crippen LogP contribution in [0.5, 0.6) is 0 Å². The normalized spacial score (nSPS) is 12.6. The van der Waals surface area contributed by atoms with Gasteiger partial charge in [0.15, 0.2) is 0 Å². The van der Waals surface area contributed by atoms with Crippen LogP contribution in [0.4, 0.5) is 0 Å². The monoisotopic (exact) mass is 199 g/mol. The van der Waals surface area contributed by atoms with Crippen LogP contribution in [0.25, 0.3) is 10.8 Å². The average molecular weight is 199 g/mol. The summed E-state index contributed by atoms with van der Waals surface area (Å²) in [6.45, 7) is 1.94. The molecule has 1 atom stereocenters. The lowest BCUT2D eigenvalue weighted by atomic mass is 9.98. The van der Waals surface area contributed by atoms with Gasteiger partial charge in [-0.3, -0.25) is 4.98 Å². The smallest absolute Gasteiger partial charge is 0.123 e. The average Bonchev–Trinajstić information content (AvgIpc) is 2.29. The van der Waals surface area contributed by atoms with Crippen molar-refractivity contribution in [2.45, 2.75) is 13.3 Å². The van der Waals surface area contributed by atoms with E-state index in [1.54, 1.807) is 6.20 Å². The summed E-state index contributed by atoms with van der Waals surface area (Å²) in [4.78, 5) is 14.7. The third kappa shape index (κ3) is 2.04. The summed E-state index contributed by atoms with van der Waals surface area (Å²) in [5.74, 6) is 0.0729. The van der Waals surface area contributed by atoms with Gasteiger partial charge < -0.3 is 4.79 Å². The van der Waals surface area contributed by atoms with E-state index in [2.05, 4.69) is 11.1 Å². The SMILES string of the molecule is CC(C=O)Cc1cccc2cnccc12. The number of pyridine rings is 1. The van der Waals surface area contributed by atoms with Crippen molar-refractivity contribution in [3.8, 4) is 0 Å². The number of aromatic nitrogens is 1. The first-order chi connectivity index (χ1) is 7.31. The van der Waals surface area contributed by atoms with Crippen LogP contribution in [-0.4, -0.2) is 11.3 Å². The molecule has 1 aromatic carbocycles. The van der Waals surface area contributed by atoms with Crippen LogP contribution in [0.15, 0.2) is 36.7 Å². The van der Waals surface area contributed by atoms with Crippen molar-refractivity contribution in [3.05, 3.63) is 42.2 Å². The number of hydrogen-bond acceptors (Lipinski definition) is 2. The largest absolute Gasteiger partial charge is 0.303 e. The lowest BCUT2D eigenvalue weighted by molar-refractivity contribution is -0.110. The number of aldehydes is 1. The zero-order valence-corrected chi connectivity index (χ0v) is 8.68. The summed E-state index contributed by atoms with van der Waals surface area (Å²) in [7, 11) is 0. The molecule has 2 rings (SSSR count). The third-order valence-corrected chi connectivity index (χ3v) is 2.55. The highest BCUT2D eigenvalue weighted by Gasteiger charge is 2.05. The molecule has 2 nitrogen and oxygen atoms in total. The molecule has 0 saturated carbocycles. The van der Waals surface area contributed by atoms with Crippen molar-refractivity contribution in [3.63, 3.8) is 0 Å². The fourth-order valence-corrected chi connectivity index (χ4v) is 1.76. The van der Waals surface area contributed by atoms with Crippen molar-refractivity contribution in [2.24, 2.45) is 5.92 Å². The molecule has 1 aromatic heterocycles. The molecule has 0 spiro atoms. The minimum Gasteiger partial charge on any atom is -0.303 e. The molecule has 0 aliphatic rings. The van der Waals surface area contributed by atoms with Crippen LogP contribution in [0.2, 0.25) is 0 Å². The van der Waals surface area contributed by atoms with Crippen LogP contribution >= 0.6 is 0 Å². The molecule has 1 heterocycles. The lowest BCUT2D eigenvalue weighted by Gasteiger charge is -2.07. The molecule has 2 aromatic rings. The van der Waals surface area contributed by atoms with Gasteiger partial charge >= 0.3 is 0 Å². The number of rotatable bonds is 3. The number of nitrogens with zero attached hydrogens (tertiary/aromatic N) is 1. The van der Waals surface area contributed by atoms with Gasteiger partial charge in [-0.25, -0.2) is 0 Å². The van der Waals surface area contributed by atoms with Crippen molar-refractivity contribution < 1.29 is 4.79 Å². The summed E-state index contributed by atoms with van der Waals surface area (Å²) in [6.07, 6.45) is 5.44. The van der Waals surface area contributed by atoms with E-state index in [-0.39, 0.29) is 5.92 Å². The van der Waals surface area contributed by atoms with Gasteiger partial charge in [-0.2, -0.15) is 0 Å². The molecule has 2 heteroatoms. The number of carbonyl (C=O) groups is 1. The fraction of sp³-hybridized carbons (Fsp3) is 0.231. The Hall–Kier alpha value is -1.70. The predicted octanol–water partition coefficient (Wildman–Crippen LogP) is 2.61. The van der Waals surface area contributed by atoms with E-state index in [9.17, 15) is 4.79 Å². The second-order valence-corrected chi connectivity index (χ2v) is 3.83. The zero-order chi connectivity index (χ0) is 10.7. The summed E-state index contributed by atoms with van der Waals surface area (Å²) in [6, 6.07) is 8.12. The quantitative estimate of drug-likeness (QED) is 0.711. The first-order valence-electron chi connectivity index (χ1n) is 5.08. The van der Waals surface area contributed by atoms with E-state index in [1.165, 1.54) is 10.9 Å². The number of hydrogen-bond donors (Lipinski definition) is 0. The van der Waals surface area contributed by atoms with Gasteiger partial charge in [0.05, 0.1) is 0 Å². The molecule has 0 saturated heterocycles. The Morgan fingerprint density at radius 1 is 1.40 bits per heavy atom. The molecule has 0 amide bonds. The first-order valence-corrected chi connectivity index (χ1v) is 5.08. The third-order valence-electron chi connectivity index (χ3n) is 2.55. The van der Waals surface area contributed by atoms with E-state index in [1.807, 2.05) is 31.3 Å². The highest BCUT2D eigenvalue weighted by Crippen LogP contribution is 2.19. The van der Waals surface area contributed by atoms with Crippen LogP contribution in [0.1, 0.15) is 12.5 Å². The lowest BCUT2D eigenvalue weighted by Crippen LogP contribution is -2.01. The second-order valence-electron chi connectivity index (χ2n) is 3.83. The second kappa shape index (κ2) is 4.22. The summed E-state index contributed by atoms with van der Waals surface area (Å²) in [5.41, 5.74) is 1.22. The minimum absolute atomic E-state index is 0.0729. The van der Waals surface area contributed by atoms with Gasteiger partial charge in [-0.05, 0) is 23.4 Å². The minimum atomic E-state index is 0.0729. The Morgan fingerprint density at radius 2 is 2.27 bits per heavy atom. The van der Waals surface area contributed by atoms with E-state index in [0.29, 0.717) is 0 Å².